The van der Waals surface area contributed by atoms with E-state index in [1.165, 1.54) is 7.11 Å². The van der Waals surface area contributed by atoms with Gasteiger partial charge < -0.3 is 18.6 Å². The van der Waals surface area contributed by atoms with Crippen molar-refractivity contribution in [1.82, 2.24) is 0 Å². The van der Waals surface area contributed by atoms with E-state index in [0.717, 1.165) is 13.0 Å². The first-order valence-corrected chi connectivity index (χ1v) is 5.62. The molecule has 0 radical (unpaired) electrons. The molecule has 1 fully saturated rings. The van der Waals surface area contributed by atoms with Crippen molar-refractivity contribution in [1.29, 1.82) is 0 Å². The van der Waals surface area contributed by atoms with Crippen molar-refractivity contribution < 1.29 is 23.4 Å². The zero-order valence-electron chi connectivity index (χ0n) is 9.97. The van der Waals surface area contributed by atoms with Crippen LogP contribution in [-0.2, 0) is 14.2 Å². The molecule has 0 spiro atoms. The fourth-order valence-electron chi connectivity index (χ4n) is 1.76. The van der Waals surface area contributed by atoms with Crippen LogP contribution in [0, 0.1) is 0 Å². The Bertz CT molecular complexity index is 378. The van der Waals surface area contributed by atoms with Gasteiger partial charge in [-0.1, -0.05) is 0 Å². The number of ether oxygens (including phenoxy) is 3. The number of esters is 1. The molecule has 0 bridgehead atoms. The van der Waals surface area contributed by atoms with Crippen LogP contribution in [0.25, 0.3) is 0 Å². The predicted octanol–water partition coefficient (Wildman–Crippen LogP) is 1.93. The second-order valence-electron chi connectivity index (χ2n) is 3.96. The van der Waals surface area contributed by atoms with E-state index in [-0.39, 0.29) is 18.0 Å². The molecule has 0 N–H and O–H groups in total. The van der Waals surface area contributed by atoms with Crippen LogP contribution in [0.1, 0.15) is 35.8 Å². The van der Waals surface area contributed by atoms with Gasteiger partial charge in [0.2, 0.25) is 5.76 Å². The van der Waals surface area contributed by atoms with Gasteiger partial charge in [-0.2, -0.15) is 0 Å². The number of rotatable bonds is 4. The molecule has 2 atom stereocenters. The lowest BCUT2D eigenvalue weighted by Gasteiger charge is -2.15. The number of furan rings is 1. The lowest BCUT2D eigenvalue weighted by atomic mass is 10.2. The number of hydrogen-bond donors (Lipinski definition) is 0. The molecule has 1 aromatic heterocycles. The van der Waals surface area contributed by atoms with Crippen LogP contribution in [0.2, 0.25) is 0 Å². The first kappa shape index (κ1) is 12.1. The lowest BCUT2D eigenvalue weighted by Crippen LogP contribution is -2.14. The van der Waals surface area contributed by atoms with E-state index in [0.29, 0.717) is 12.4 Å². The number of methoxy groups -OCH3 is 1. The number of hydrogen-bond acceptors (Lipinski definition) is 5. The Labute approximate surface area is 99.6 Å². The Morgan fingerprint density at radius 2 is 2.35 bits per heavy atom. The quantitative estimate of drug-likeness (QED) is 0.753. The Kier molecular flexibility index (Phi) is 3.81. The van der Waals surface area contributed by atoms with E-state index in [9.17, 15) is 4.79 Å². The number of carbonyl (C=O) groups is 1. The first-order valence-electron chi connectivity index (χ1n) is 5.62. The first-order chi connectivity index (χ1) is 8.20. The molecule has 94 valence electrons. The Hall–Kier alpha value is -1.33. The van der Waals surface area contributed by atoms with Crippen molar-refractivity contribution in [3.05, 3.63) is 23.7 Å². The molecule has 1 saturated heterocycles. The van der Waals surface area contributed by atoms with Crippen molar-refractivity contribution in [3.8, 4) is 0 Å². The summed E-state index contributed by atoms with van der Waals surface area (Å²) in [4.78, 5) is 11.2. The van der Waals surface area contributed by atoms with Crippen molar-refractivity contribution in [2.24, 2.45) is 0 Å². The molecule has 0 aromatic carbocycles. The van der Waals surface area contributed by atoms with Crippen LogP contribution in [0.3, 0.4) is 0 Å². The molecule has 2 rings (SSSR count). The van der Waals surface area contributed by atoms with Gasteiger partial charge >= 0.3 is 5.97 Å². The molecular weight excluding hydrogens is 224 g/mol. The highest BCUT2D eigenvalue weighted by Crippen LogP contribution is 2.23. The summed E-state index contributed by atoms with van der Waals surface area (Å²) in [5.41, 5.74) is 0. The van der Waals surface area contributed by atoms with Crippen LogP contribution in [0.5, 0.6) is 0 Å². The summed E-state index contributed by atoms with van der Waals surface area (Å²) in [6.45, 7) is 3.25. The molecule has 2 unspecified atom stereocenters. The second-order valence-corrected chi connectivity index (χ2v) is 3.96. The summed E-state index contributed by atoms with van der Waals surface area (Å²) in [6, 6.07) is 3.32. The maximum atomic E-state index is 11.2. The molecule has 5 nitrogen and oxygen atoms in total. The molecule has 0 aliphatic carbocycles. The van der Waals surface area contributed by atoms with Crippen molar-refractivity contribution in [2.75, 3.05) is 20.3 Å². The highest BCUT2D eigenvalue weighted by molar-refractivity contribution is 5.86. The Balaban J connectivity index is 1.96. The highest BCUT2D eigenvalue weighted by atomic mass is 16.6. The van der Waals surface area contributed by atoms with E-state index in [2.05, 4.69) is 4.74 Å². The molecule has 17 heavy (non-hydrogen) atoms. The predicted molar refractivity (Wildman–Crippen MR) is 58.8 cm³/mol. The van der Waals surface area contributed by atoms with Gasteiger partial charge in [-0.05, 0) is 25.5 Å². The van der Waals surface area contributed by atoms with Gasteiger partial charge in [0.1, 0.15) is 11.9 Å². The van der Waals surface area contributed by atoms with Crippen LogP contribution in [0.4, 0.5) is 0 Å². The third kappa shape index (κ3) is 2.87. The number of carbonyl (C=O) groups excluding carboxylic acids is 1. The van der Waals surface area contributed by atoms with E-state index in [1.807, 2.05) is 6.92 Å². The summed E-state index contributed by atoms with van der Waals surface area (Å²) >= 11 is 0. The molecule has 2 heterocycles. The van der Waals surface area contributed by atoms with E-state index >= 15 is 0 Å². The molecule has 5 heteroatoms. The normalized spacial score (nSPS) is 21.4. The molecular formula is C12H16O5. The molecule has 0 amide bonds. The molecule has 1 aliphatic rings. The van der Waals surface area contributed by atoms with Gasteiger partial charge in [0.05, 0.1) is 19.8 Å². The smallest absolute Gasteiger partial charge is 0.373 e. The van der Waals surface area contributed by atoms with Gasteiger partial charge in [0.25, 0.3) is 0 Å². The maximum absolute atomic E-state index is 11.2. The van der Waals surface area contributed by atoms with Crippen LogP contribution >= 0.6 is 0 Å². The SMILES string of the molecule is COC(=O)c1ccc(C(C)OC2CCOC2)o1. The van der Waals surface area contributed by atoms with Crippen molar-refractivity contribution >= 4 is 5.97 Å². The minimum Gasteiger partial charge on any atom is -0.463 e. The summed E-state index contributed by atoms with van der Waals surface area (Å²) in [7, 11) is 1.32. The van der Waals surface area contributed by atoms with E-state index < -0.39 is 5.97 Å². The summed E-state index contributed by atoms with van der Waals surface area (Å²) < 4.78 is 20.9. The van der Waals surface area contributed by atoms with Gasteiger partial charge in [0.15, 0.2) is 0 Å². The van der Waals surface area contributed by atoms with Crippen molar-refractivity contribution in [2.45, 2.75) is 25.6 Å². The molecule has 1 aliphatic heterocycles. The lowest BCUT2D eigenvalue weighted by molar-refractivity contribution is -0.0179. The maximum Gasteiger partial charge on any atom is 0.373 e. The monoisotopic (exact) mass is 240 g/mol. The van der Waals surface area contributed by atoms with Crippen LogP contribution in [0.15, 0.2) is 16.5 Å². The van der Waals surface area contributed by atoms with Gasteiger partial charge in [0, 0.05) is 6.61 Å². The summed E-state index contributed by atoms with van der Waals surface area (Å²) in [5.74, 6) is 0.338. The second kappa shape index (κ2) is 5.33. The zero-order valence-corrected chi connectivity index (χ0v) is 9.97. The fraction of sp³-hybridized carbons (Fsp3) is 0.583. The Morgan fingerprint density at radius 1 is 1.53 bits per heavy atom. The van der Waals surface area contributed by atoms with Gasteiger partial charge in [-0.25, -0.2) is 4.79 Å². The average Bonchev–Trinajstić information content (AvgIpc) is 2.98. The zero-order chi connectivity index (χ0) is 12.3. The van der Waals surface area contributed by atoms with Gasteiger partial charge in [-0.3, -0.25) is 0 Å². The topological polar surface area (TPSA) is 57.9 Å². The standard InChI is InChI=1S/C12H16O5/c1-8(16-9-5-6-15-7-9)10-3-4-11(17-10)12(13)14-2/h3-4,8-9H,5-7H2,1-2H3. The van der Waals surface area contributed by atoms with E-state index in [1.54, 1.807) is 12.1 Å². The third-order valence-corrected chi connectivity index (χ3v) is 2.70. The summed E-state index contributed by atoms with van der Waals surface area (Å²) in [6.07, 6.45) is 0.811. The van der Waals surface area contributed by atoms with Crippen LogP contribution < -0.4 is 0 Å². The minimum absolute atomic E-state index is 0.108. The molecule has 1 aromatic rings. The third-order valence-electron chi connectivity index (χ3n) is 2.70. The minimum atomic E-state index is -0.479. The Morgan fingerprint density at radius 3 is 3.00 bits per heavy atom. The molecule has 0 saturated carbocycles. The fourth-order valence-corrected chi connectivity index (χ4v) is 1.76. The highest BCUT2D eigenvalue weighted by Gasteiger charge is 2.22. The summed E-state index contributed by atoms with van der Waals surface area (Å²) in [5, 5.41) is 0. The van der Waals surface area contributed by atoms with E-state index in [4.69, 9.17) is 13.9 Å². The van der Waals surface area contributed by atoms with Gasteiger partial charge in [-0.15, -0.1) is 0 Å². The van der Waals surface area contributed by atoms with Crippen LogP contribution in [-0.4, -0.2) is 32.4 Å². The largest absolute Gasteiger partial charge is 0.463 e. The average molecular weight is 240 g/mol. The van der Waals surface area contributed by atoms with Crippen molar-refractivity contribution in [3.63, 3.8) is 0 Å².